The zero-order valence-electron chi connectivity index (χ0n) is 11.5. The molecule has 0 amide bonds. The van der Waals surface area contributed by atoms with Crippen LogP contribution in [0.2, 0.25) is 0 Å². The molecule has 0 aromatic rings. The Labute approximate surface area is 148 Å². The van der Waals surface area contributed by atoms with Crippen LogP contribution in [0.1, 0.15) is 49.4 Å². The van der Waals surface area contributed by atoms with Crippen molar-refractivity contribution in [2.75, 3.05) is 0 Å². The summed E-state index contributed by atoms with van der Waals surface area (Å²) in [6.45, 7) is 11.0. The number of ketones is 2. The number of carbonyl (C=O) groups excluding carboxylic acids is 2. The van der Waals surface area contributed by atoms with Crippen molar-refractivity contribution in [2.45, 2.75) is 48.0 Å². The number of carbonyl (C=O) groups is 2. The Morgan fingerprint density at radius 2 is 1.07 bits per heavy atom. The van der Waals surface area contributed by atoms with Gasteiger partial charge in [0.15, 0.2) is 0 Å². The van der Waals surface area contributed by atoms with E-state index in [0.717, 1.165) is 0 Å². The van der Waals surface area contributed by atoms with E-state index in [2.05, 4.69) is 0 Å². The first-order chi connectivity index (χ1) is 5.55. The average molecular weight is 318 g/mol. The molecule has 0 fully saturated rings. The monoisotopic (exact) mass is 318 g/mol. The molecule has 0 aromatic carbocycles. The molecule has 0 aliphatic rings. The van der Waals surface area contributed by atoms with Crippen molar-refractivity contribution in [1.82, 2.24) is 0 Å². The van der Waals surface area contributed by atoms with Crippen LogP contribution in [0.3, 0.4) is 0 Å². The summed E-state index contributed by atoms with van der Waals surface area (Å²) in [5, 5.41) is 0. The minimum atomic E-state index is -0.402. The molecular weight excluding hydrogens is 297 g/mol. The zero-order chi connectivity index (χ0) is 10.9. The summed E-state index contributed by atoms with van der Waals surface area (Å²) in [6, 6.07) is 0. The number of rotatable bonds is 2. The van der Waals surface area contributed by atoms with E-state index in [-0.39, 0.29) is 88.3 Å². The minimum Gasteiger partial charge on any atom is -1.00 e. The van der Waals surface area contributed by atoms with Gasteiger partial charge in [-0.3, -0.25) is 9.59 Å². The van der Waals surface area contributed by atoms with Gasteiger partial charge in [0.05, 0.1) is 6.42 Å². The second kappa shape index (κ2) is 6.21. The van der Waals surface area contributed by atoms with Crippen LogP contribution in [-0.4, -0.2) is 11.6 Å². The van der Waals surface area contributed by atoms with Crippen LogP contribution in [-0.2, 0) is 9.59 Å². The third-order valence-electron chi connectivity index (χ3n) is 1.99. The fraction of sp³-hybridized carbons (Fsp3) is 0.818. The Balaban J connectivity index is -0.000000720. The molecule has 0 aliphatic heterocycles. The summed E-state index contributed by atoms with van der Waals surface area (Å²) in [6.07, 6.45) is 0.0625. The van der Waals surface area contributed by atoms with Crippen molar-refractivity contribution in [1.29, 1.82) is 0 Å². The first kappa shape index (κ1) is 17.8. The van der Waals surface area contributed by atoms with Gasteiger partial charge in [-0.05, 0) is 0 Å². The molecule has 0 saturated heterocycles. The van der Waals surface area contributed by atoms with E-state index < -0.39 is 10.8 Å². The van der Waals surface area contributed by atoms with Crippen molar-refractivity contribution in [3.8, 4) is 0 Å². The summed E-state index contributed by atoms with van der Waals surface area (Å²) in [4.78, 5) is 23.0. The van der Waals surface area contributed by atoms with Gasteiger partial charge in [-0.2, -0.15) is 0 Å². The van der Waals surface area contributed by atoms with Gasteiger partial charge in [-0.25, -0.2) is 0 Å². The standard InChI is InChI=1S/C11H20O2.Cs.H/c1-10(2,3)8(12)7-9(13)11(4,5)6;;/h7H2,1-6H3;;/q;+1;-1. The number of Topliss-reactive ketones (excluding diaryl/α,β-unsaturated/α-hetero) is 2. The van der Waals surface area contributed by atoms with E-state index in [9.17, 15) is 9.59 Å². The molecule has 0 N–H and O–H groups in total. The van der Waals surface area contributed by atoms with Gasteiger partial charge in [0, 0.05) is 10.8 Å². The first-order valence-corrected chi connectivity index (χ1v) is 4.62. The third kappa shape index (κ3) is 6.80. The van der Waals surface area contributed by atoms with Crippen LogP contribution in [0.4, 0.5) is 0 Å². The first-order valence-electron chi connectivity index (χ1n) is 4.62. The van der Waals surface area contributed by atoms with Gasteiger partial charge < -0.3 is 1.43 Å². The van der Waals surface area contributed by atoms with Crippen LogP contribution in [0, 0.1) is 10.8 Å². The third-order valence-corrected chi connectivity index (χ3v) is 1.99. The normalized spacial score (nSPS) is 11.9. The maximum absolute atomic E-state index is 11.5. The summed E-state index contributed by atoms with van der Waals surface area (Å²) < 4.78 is 0. The Bertz CT molecular complexity index is 200. The van der Waals surface area contributed by atoms with Crippen molar-refractivity contribution in [2.24, 2.45) is 10.8 Å². The van der Waals surface area contributed by atoms with Crippen molar-refractivity contribution in [3.63, 3.8) is 0 Å². The van der Waals surface area contributed by atoms with E-state index in [4.69, 9.17) is 0 Å². The topological polar surface area (TPSA) is 34.1 Å². The van der Waals surface area contributed by atoms with Crippen LogP contribution >= 0.6 is 0 Å². The quantitative estimate of drug-likeness (QED) is 0.657. The smallest absolute Gasteiger partial charge is 1.00 e. The molecule has 2 nitrogen and oxygen atoms in total. The molecule has 14 heavy (non-hydrogen) atoms. The van der Waals surface area contributed by atoms with E-state index in [1.807, 2.05) is 41.5 Å². The maximum Gasteiger partial charge on any atom is 1.00 e. The molecular formula is C11H21CsO2. The molecule has 78 valence electrons. The van der Waals surface area contributed by atoms with Crippen LogP contribution in [0.15, 0.2) is 0 Å². The van der Waals surface area contributed by atoms with Crippen LogP contribution in [0.25, 0.3) is 0 Å². The summed E-state index contributed by atoms with van der Waals surface area (Å²) in [7, 11) is 0. The largest absolute Gasteiger partial charge is 1.00 e. The number of hydrogen-bond donors (Lipinski definition) is 0. The molecule has 0 aliphatic carbocycles. The SMILES string of the molecule is CC(C)(C)C(=O)CC(=O)C(C)(C)C.[Cs+].[H-]. The molecule has 0 radical (unpaired) electrons. The van der Waals surface area contributed by atoms with Gasteiger partial charge >= 0.3 is 68.9 Å². The predicted molar refractivity (Wildman–Crippen MR) is 54.7 cm³/mol. The van der Waals surface area contributed by atoms with E-state index in [1.54, 1.807) is 0 Å². The molecule has 0 rings (SSSR count). The fourth-order valence-electron chi connectivity index (χ4n) is 0.676. The van der Waals surface area contributed by atoms with E-state index in [0.29, 0.717) is 0 Å². The van der Waals surface area contributed by atoms with Gasteiger partial charge in [-0.15, -0.1) is 0 Å². The summed E-state index contributed by atoms with van der Waals surface area (Å²) in [5.41, 5.74) is -0.804. The predicted octanol–water partition coefficient (Wildman–Crippen LogP) is -0.277. The molecule has 0 atom stereocenters. The van der Waals surface area contributed by atoms with Crippen molar-refractivity contribution < 1.29 is 79.9 Å². The van der Waals surface area contributed by atoms with Crippen molar-refractivity contribution in [3.05, 3.63) is 0 Å². The van der Waals surface area contributed by atoms with E-state index in [1.165, 1.54) is 0 Å². The van der Waals surface area contributed by atoms with Gasteiger partial charge in [0.25, 0.3) is 0 Å². The van der Waals surface area contributed by atoms with Crippen LogP contribution in [0.5, 0.6) is 0 Å². The Kier molecular flexibility index (Phi) is 7.88. The Hall–Kier alpha value is 1.39. The molecule has 0 unspecified atom stereocenters. The molecule has 3 heteroatoms. The second-order valence-electron chi connectivity index (χ2n) is 5.52. The van der Waals surface area contributed by atoms with Crippen molar-refractivity contribution >= 4 is 11.6 Å². The van der Waals surface area contributed by atoms with E-state index >= 15 is 0 Å². The van der Waals surface area contributed by atoms with Gasteiger partial charge in [0.1, 0.15) is 11.6 Å². The summed E-state index contributed by atoms with van der Waals surface area (Å²) >= 11 is 0. The summed E-state index contributed by atoms with van der Waals surface area (Å²) in [5.74, 6) is 0.0415. The van der Waals surface area contributed by atoms with Gasteiger partial charge in [0.2, 0.25) is 0 Å². The van der Waals surface area contributed by atoms with Gasteiger partial charge in [-0.1, -0.05) is 41.5 Å². The fourth-order valence-corrected chi connectivity index (χ4v) is 0.676. The Morgan fingerprint density at radius 1 is 0.857 bits per heavy atom. The average Bonchev–Trinajstić information content (AvgIpc) is 1.82. The molecule has 0 bridgehead atoms. The van der Waals surface area contributed by atoms with Crippen LogP contribution < -0.4 is 68.9 Å². The molecule has 0 saturated carbocycles. The minimum absolute atomic E-state index is 0. The molecule has 0 aromatic heterocycles. The molecule has 0 heterocycles. The molecule has 0 spiro atoms. The second-order valence-corrected chi connectivity index (χ2v) is 5.52. The maximum atomic E-state index is 11.5. The number of hydrogen-bond acceptors (Lipinski definition) is 2. The zero-order valence-corrected chi connectivity index (χ0v) is 16.8. The Morgan fingerprint density at radius 3 is 1.21 bits per heavy atom.